The molecule has 2 aromatic rings. The fourth-order valence-corrected chi connectivity index (χ4v) is 3.24. The molecule has 2 rings (SSSR count). The van der Waals surface area contributed by atoms with Crippen LogP contribution in [0.5, 0.6) is 0 Å². The molecular formula is C19H27ClN6O4S. The number of nitrogens with zero attached hydrogens (tertiary/aromatic N) is 2. The lowest BCUT2D eigenvalue weighted by atomic mass is 10.2. The van der Waals surface area contributed by atoms with Crippen molar-refractivity contribution in [1.29, 1.82) is 0 Å². The molecule has 12 heteroatoms. The highest BCUT2D eigenvalue weighted by Crippen LogP contribution is 2.33. The van der Waals surface area contributed by atoms with Crippen LogP contribution in [-0.2, 0) is 16.0 Å². The normalized spacial score (nSPS) is 12.0. The zero-order valence-electron chi connectivity index (χ0n) is 17.8. The molecule has 31 heavy (non-hydrogen) atoms. The molecule has 0 fully saturated rings. The highest BCUT2D eigenvalue weighted by molar-refractivity contribution is 8.00. The van der Waals surface area contributed by atoms with Crippen LogP contribution in [0, 0.1) is 0 Å². The van der Waals surface area contributed by atoms with Crippen LogP contribution in [0.3, 0.4) is 0 Å². The Hall–Kier alpha value is -2.63. The van der Waals surface area contributed by atoms with E-state index in [4.69, 9.17) is 31.9 Å². The van der Waals surface area contributed by atoms with Crippen molar-refractivity contribution in [1.82, 2.24) is 15.1 Å². The summed E-state index contributed by atoms with van der Waals surface area (Å²) in [5.41, 5.74) is 6.18. The number of alkyl carbamates (subject to hydrolysis) is 1. The summed E-state index contributed by atoms with van der Waals surface area (Å²) in [5, 5.41) is 16.6. The van der Waals surface area contributed by atoms with Crippen molar-refractivity contribution < 1.29 is 19.1 Å². The first kappa shape index (κ1) is 24.6. The van der Waals surface area contributed by atoms with Crippen molar-refractivity contribution in [2.75, 3.05) is 25.5 Å². The SMILES string of the molecule is COC(=O)c1nn(CCNC(=O)OC(C)(C)C)c2c(Cl)c(NC/C(=C/N)SN)ccc12. The molecule has 0 atom stereocenters. The summed E-state index contributed by atoms with van der Waals surface area (Å²) in [6.07, 6.45) is 0.859. The fourth-order valence-electron chi connectivity index (χ4n) is 2.68. The minimum Gasteiger partial charge on any atom is -0.464 e. The maximum absolute atomic E-state index is 12.2. The number of esters is 1. The van der Waals surface area contributed by atoms with Gasteiger partial charge in [0, 0.05) is 29.6 Å². The molecule has 10 nitrogen and oxygen atoms in total. The largest absolute Gasteiger partial charge is 0.464 e. The number of nitrogens with two attached hydrogens (primary N) is 2. The number of carbonyl (C=O) groups is 2. The van der Waals surface area contributed by atoms with E-state index in [2.05, 4.69) is 15.7 Å². The maximum Gasteiger partial charge on any atom is 0.407 e. The van der Waals surface area contributed by atoms with Gasteiger partial charge in [0.1, 0.15) is 5.60 Å². The van der Waals surface area contributed by atoms with Crippen molar-refractivity contribution in [3.05, 3.63) is 34.0 Å². The molecule has 6 N–H and O–H groups in total. The van der Waals surface area contributed by atoms with Crippen LogP contribution in [0.1, 0.15) is 31.3 Å². The number of aromatic nitrogens is 2. The number of benzene rings is 1. The van der Waals surface area contributed by atoms with Gasteiger partial charge in [0.05, 0.1) is 29.9 Å². The van der Waals surface area contributed by atoms with Gasteiger partial charge in [-0.25, -0.2) is 9.59 Å². The summed E-state index contributed by atoms with van der Waals surface area (Å²) < 4.78 is 11.6. The molecule has 0 saturated carbocycles. The van der Waals surface area contributed by atoms with E-state index in [1.807, 2.05) is 0 Å². The number of hydrogen-bond acceptors (Lipinski definition) is 9. The molecule has 0 bridgehead atoms. The van der Waals surface area contributed by atoms with Crippen LogP contribution in [0.25, 0.3) is 10.9 Å². The van der Waals surface area contributed by atoms with Crippen LogP contribution in [0.15, 0.2) is 23.2 Å². The second kappa shape index (κ2) is 10.6. The van der Waals surface area contributed by atoms with Crippen LogP contribution in [-0.4, -0.2) is 47.6 Å². The van der Waals surface area contributed by atoms with E-state index in [0.717, 1.165) is 16.9 Å². The molecule has 0 spiro atoms. The van der Waals surface area contributed by atoms with Crippen LogP contribution < -0.4 is 21.5 Å². The number of halogens is 1. The number of carbonyl (C=O) groups excluding carboxylic acids is 2. The van der Waals surface area contributed by atoms with Crippen molar-refractivity contribution in [2.45, 2.75) is 32.9 Å². The van der Waals surface area contributed by atoms with E-state index in [1.165, 1.54) is 13.3 Å². The average molecular weight is 471 g/mol. The Bertz CT molecular complexity index is 986. The summed E-state index contributed by atoms with van der Waals surface area (Å²) in [4.78, 5) is 24.8. The molecular weight excluding hydrogens is 444 g/mol. The number of anilines is 1. The van der Waals surface area contributed by atoms with Crippen molar-refractivity contribution >= 4 is 52.2 Å². The van der Waals surface area contributed by atoms with Crippen LogP contribution in [0.2, 0.25) is 5.02 Å². The lowest BCUT2D eigenvalue weighted by molar-refractivity contribution is 0.0523. The van der Waals surface area contributed by atoms with Gasteiger partial charge >= 0.3 is 12.1 Å². The van der Waals surface area contributed by atoms with E-state index in [1.54, 1.807) is 37.6 Å². The standard InChI is InChI=1S/C19H27ClN6O4S/c1-19(2,3)30-18(28)23-7-8-26-16-12(15(25-26)17(27)29-4)5-6-13(14(16)20)24-10-11(9-21)31-22/h5-6,9,24H,7-8,10,21-22H2,1-4H3,(H,23,28)/b11-9-. The summed E-state index contributed by atoms with van der Waals surface area (Å²) in [6, 6.07) is 3.46. The molecule has 0 aliphatic carbocycles. The number of rotatable bonds is 8. The minimum absolute atomic E-state index is 0.128. The predicted octanol–water partition coefficient (Wildman–Crippen LogP) is 2.82. The number of fused-ring (bicyclic) bond motifs is 1. The maximum atomic E-state index is 12.2. The molecule has 1 aromatic carbocycles. The van der Waals surface area contributed by atoms with Gasteiger partial charge in [0.2, 0.25) is 0 Å². The Kier molecular flexibility index (Phi) is 8.43. The first-order chi connectivity index (χ1) is 14.6. The van der Waals surface area contributed by atoms with Gasteiger partial charge < -0.3 is 25.8 Å². The fraction of sp³-hybridized carbons (Fsp3) is 0.421. The average Bonchev–Trinajstić information content (AvgIpc) is 3.07. The third-order valence-corrected chi connectivity index (χ3v) is 4.98. The number of methoxy groups -OCH3 is 1. The highest BCUT2D eigenvalue weighted by atomic mass is 35.5. The summed E-state index contributed by atoms with van der Waals surface area (Å²) in [5.74, 6) is -0.589. The quantitative estimate of drug-likeness (QED) is 0.337. The van der Waals surface area contributed by atoms with E-state index in [-0.39, 0.29) is 18.8 Å². The topological polar surface area (TPSA) is 147 Å². The van der Waals surface area contributed by atoms with Gasteiger partial charge in [-0.15, -0.1) is 0 Å². The molecule has 1 aromatic heterocycles. The van der Waals surface area contributed by atoms with E-state index in [9.17, 15) is 9.59 Å². The van der Waals surface area contributed by atoms with E-state index in [0.29, 0.717) is 28.2 Å². The lowest BCUT2D eigenvalue weighted by Gasteiger charge is -2.19. The Balaban J connectivity index is 2.31. The third kappa shape index (κ3) is 6.42. The monoisotopic (exact) mass is 470 g/mol. The lowest BCUT2D eigenvalue weighted by Crippen LogP contribution is -2.34. The first-order valence-corrected chi connectivity index (χ1v) is 10.6. The number of amides is 1. The van der Waals surface area contributed by atoms with Crippen molar-refractivity contribution in [2.24, 2.45) is 10.9 Å². The van der Waals surface area contributed by atoms with Gasteiger partial charge in [0.15, 0.2) is 5.69 Å². The van der Waals surface area contributed by atoms with Gasteiger partial charge in [-0.05, 0) is 44.9 Å². The Morgan fingerprint density at radius 3 is 2.65 bits per heavy atom. The number of nitrogens with one attached hydrogen (secondary N) is 2. The molecule has 0 unspecified atom stereocenters. The van der Waals surface area contributed by atoms with Crippen molar-refractivity contribution in [3.8, 4) is 0 Å². The molecule has 170 valence electrons. The van der Waals surface area contributed by atoms with Crippen molar-refractivity contribution in [3.63, 3.8) is 0 Å². The second-order valence-corrected chi connectivity index (χ2v) is 8.56. The molecule has 0 aliphatic heterocycles. The Morgan fingerprint density at radius 2 is 2.06 bits per heavy atom. The summed E-state index contributed by atoms with van der Waals surface area (Å²) in [7, 11) is 1.28. The first-order valence-electron chi connectivity index (χ1n) is 9.36. The molecule has 0 aliphatic rings. The summed E-state index contributed by atoms with van der Waals surface area (Å²) in [6.45, 7) is 6.17. The van der Waals surface area contributed by atoms with E-state index >= 15 is 0 Å². The molecule has 0 radical (unpaired) electrons. The highest BCUT2D eigenvalue weighted by Gasteiger charge is 2.22. The van der Waals surface area contributed by atoms with Gasteiger partial charge in [0.25, 0.3) is 0 Å². The molecule has 1 heterocycles. The van der Waals surface area contributed by atoms with Gasteiger partial charge in [-0.3, -0.25) is 9.82 Å². The zero-order chi connectivity index (χ0) is 23.2. The van der Waals surface area contributed by atoms with E-state index < -0.39 is 17.7 Å². The minimum atomic E-state index is -0.608. The van der Waals surface area contributed by atoms with Gasteiger partial charge in [-0.1, -0.05) is 11.6 Å². The van der Waals surface area contributed by atoms with Crippen LogP contribution in [0.4, 0.5) is 10.5 Å². The van der Waals surface area contributed by atoms with Crippen LogP contribution >= 0.6 is 23.5 Å². The molecule has 0 saturated heterocycles. The predicted molar refractivity (Wildman–Crippen MR) is 123 cm³/mol. The summed E-state index contributed by atoms with van der Waals surface area (Å²) >= 11 is 7.66. The number of hydrogen-bond donors (Lipinski definition) is 4. The Labute approximate surface area is 189 Å². The number of ether oxygens (including phenoxy) is 2. The second-order valence-electron chi connectivity index (χ2n) is 7.42. The zero-order valence-corrected chi connectivity index (χ0v) is 19.4. The third-order valence-electron chi connectivity index (χ3n) is 4.01. The molecule has 1 amide bonds. The smallest absolute Gasteiger partial charge is 0.407 e. The Morgan fingerprint density at radius 1 is 1.35 bits per heavy atom. The van der Waals surface area contributed by atoms with Gasteiger partial charge in [-0.2, -0.15) is 5.10 Å².